The molecule has 1 aliphatic heterocycles. The van der Waals surface area contributed by atoms with Crippen LogP contribution in [0.3, 0.4) is 0 Å². The Morgan fingerprint density at radius 1 is 1.38 bits per heavy atom. The van der Waals surface area contributed by atoms with Gasteiger partial charge in [0.15, 0.2) is 0 Å². The Hall–Kier alpha value is -2.48. The number of carbonyl (C=O) groups is 2. The smallest absolute Gasteiger partial charge is 0.267 e. The van der Waals surface area contributed by atoms with E-state index in [1.54, 1.807) is 0 Å². The monoisotopic (exact) mass is 335 g/mol. The highest BCUT2D eigenvalue weighted by molar-refractivity contribution is 6.40. The first-order valence-electron chi connectivity index (χ1n) is 7.73. The summed E-state index contributed by atoms with van der Waals surface area (Å²) in [6.45, 7) is 1.38. The number of halogens is 1. The topological polar surface area (TPSA) is 91.0 Å². The molecule has 2 rings (SSSR count). The van der Waals surface area contributed by atoms with Crippen LogP contribution >= 0.6 is 0 Å². The molecule has 0 fully saturated rings. The molecular formula is C16H22FN5O2. The van der Waals surface area contributed by atoms with Crippen LogP contribution in [0.4, 0.5) is 10.1 Å². The van der Waals surface area contributed by atoms with Gasteiger partial charge in [-0.3, -0.25) is 14.6 Å². The highest BCUT2D eigenvalue weighted by atomic mass is 19.1. The number of hydrazone groups is 1. The molecule has 8 heteroatoms. The van der Waals surface area contributed by atoms with Crippen LogP contribution in [0.2, 0.25) is 0 Å². The zero-order valence-electron chi connectivity index (χ0n) is 13.8. The highest BCUT2D eigenvalue weighted by Crippen LogP contribution is 2.24. The van der Waals surface area contributed by atoms with Crippen molar-refractivity contribution in [2.45, 2.75) is 18.9 Å². The van der Waals surface area contributed by atoms with Crippen molar-refractivity contribution in [3.8, 4) is 0 Å². The van der Waals surface area contributed by atoms with E-state index < -0.39 is 17.8 Å². The van der Waals surface area contributed by atoms with Gasteiger partial charge in [-0.2, -0.15) is 5.10 Å². The van der Waals surface area contributed by atoms with Crippen LogP contribution in [0.15, 0.2) is 29.4 Å². The first-order chi connectivity index (χ1) is 11.4. The van der Waals surface area contributed by atoms with Crippen LogP contribution < -0.4 is 16.1 Å². The van der Waals surface area contributed by atoms with Crippen LogP contribution in [0, 0.1) is 5.82 Å². The van der Waals surface area contributed by atoms with Gasteiger partial charge in [0, 0.05) is 13.0 Å². The average molecular weight is 335 g/mol. The number of anilines is 1. The zero-order valence-corrected chi connectivity index (χ0v) is 13.8. The van der Waals surface area contributed by atoms with E-state index in [1.165, 1.54) is 29.3 Å². The molecule has 3 N–H and O–H groups in total. The third-order valence-electron chi connectivity index (χ3n) is 3.66. The molecule has 0 spiro atoms. The summed E-state index contributed by atoms with van der Waals surface area (Å²) in [7, 11) is 3.92. The van der Waals surface area contributed by atoms with E-state index in [4.69, 9.17) is 5.73 Å². The molecular weight excluding hydrogens is 313 g/mol. The second-order valence-electron chi connectivity index (χ2n) is 5.90. The van der Waals surface area contributed by atoms with Crippen LogP contribution in [0.5, 0.6) is 0 Å². The number of carbonyl (C=O) groups excluding carboxylic acids is 2. The molecule has 0 saturated carbocycles. The average Bonchev–Trinajstić information content (AvgIpc) is 2.97. The highest BCUT2D eigenvalue weighted by Gasteiger charge is 2.34. The summed E-state index contributed by atoms with van der Waals surface area (Å²) in [5.74, 6) is -1.29. The lowest BCUT2D eigenvalue weighted by Crippen LogP contribution is -2.40. The maximum Gasteiger partial charge on any atom is 0.267 e. The van der Waals surface area contributed by atoms with Crippen molar-refractivity contribution in [1.29, 1.82) is 0 Å². The molecule has 1 aromatic rings. The minimum absolute atomic E-state index is 0.131. The Kier molecular flexibility index (Phi) is 5.86. The Morgan fingerprint density at radius 3 is 2.62 bits per heavy atom. The summed E-state index contributed by atoms with van der Waals surface area (Å²) in [6, 6.07) is 4.77. The molecule has 7 nitrogen and oxygen atoms in total. The fourth-order valence-corrected chi connectivity index (χ4v) is 2.40. The van der Waals surface area contributed by atoms with E-state index in [1.807, 2.05) is 19.0 Å². The normalized spacial score (nSPS) is 17.1. The standard InChI is InChI=1S/C16H22FN5O2/c1-21(2)9-3-8-19-16(24)13-10-14(15(18)23)22(20-13)12-6-4-11(17)5-7-12/h4-7,14H,3,8-10H2,1-2H3,(H2,18,23)(H,19,24). The van der Waals surface area contributed by atoms with Crippen LogP contribution in [-0.2, 0) is 9.59 Å². The maximum absolute atomic E-state index is 13.1. The van der Waals surface area contributed by atoms with E-state index in [9.17, 15) is 14.0 Å². The van der Waals surface area contributed by atoms with Crippen molar-refractivity contribution in [2.24, 2.45) is 10.8 Å². The molecule has 0 aromatic heterocycles. The molecule has 1 unspecified atom stereocenters. The van der Waals surface area contributed by atoms with Crippen molar-refractivity contribution < 1.29 is 14.0 Å². The summed E-state index contributed by atoms with van der Waals surface area (Å²) in [5.41, 5.74) is 6.16. The zero-order chi connectivity index (χ0) is 17.7. The SMILES string of the molecule is CN(C)CCCNC(=O)C1=NN(c2ccc(F)cc2)C(C(N)=O)C1. The molecule has 1 heterocycles. The minimum atomic E-state index is -0.752. The van der Waals surface area contributed by atoms with E-state index in [0.717, 1.165) is 13.0 Å². The summed E-state index contributed by atoms with van der Waals surface area (Å²) in [4.78, 5) is 25.9. The summed E-state index contributed by atoms with van der Waals surface area (Å²) in [5, 5.41) is 8.37. The first kappa shape index (κ1) is 17.9. The van der Waals surface area contributed by atoms with E-state index in [0.29, 0.717) is 12.2 Å². The molecule has 0 bridgehead atoms. The lowest BCUT2D eigenvalue weighted by Gasteiger charge is -2.20. The van der Waals surface area contributed by atoms with Crippen molar-refractivity contribution in [1.82, 2.24) is 10.2 Å². The molecule has 130 valence electrons. The van der Waals surface area contributed by atoms with E-state index in [2.05, 4.69) is 10.4 Å². The molecule has 1 aliphatic rings. The largest absolute Gasteiger partial charge is 0.368 e. The Balaban J connectivity index is 2.05. The second-order valence-corrected chi connectivity index (χ2v) is 5.90. The number of amides is 2. The van der Waals surface area contributed by atoms with Crippen molar-refractivity contribution in [3.05, 3.63) is 30.1 Å². The lowest BCUT2D eigenvalue weighted by molar-refractivity contribution is -0.119. The number of benzene rings is 1. The van der Waals surface area contributed by atoms with Crippen molar-refractivity contribution in [3.63, 3.8) is 0 Å². The molecule has 0 saturated heterocycles. The Bertz CT molecular complexity index is 630. The molecule has 0 radical (unpaired) electrons. The third kappa shape index (κ3) is 4.51. The van der Waals surface area contributed by atoms with Gasteiger partial charge in [0.2, 0.25) is 5.91 Å². The van der Waals surface area contributed by atoms with Crippen LogP contribution in [0.1, 0.15) is 12.8 Å². The van der Waals surface area contributed by atoms with Crippen molar-refractivity contribution in [2.75, 3.05) is 32.2 Å². The number of rotatable bonds is 7. The number of hydrogen-bond acceptors (Lipinski definition) is 5. The Morgan fingerprint density at radius 2 is 2.04 bits per heavy atom. The molecule has 0 aliphatic carbocycles. The molecule has 1 aromatic carbocycles. The maximum atomic E-state index is 13.1. The van der Waals surface area contributed by atoms with Gasteiger partial charge in [-0.1, -0.05) is 0 Å². The third-order valence-corrected chi connectivity index (χ3v) is 3.66. The van der Waals surface area contributed by atoms with Gasteiger partial charge in [0.25, 0.3) is 5.91 Å². The Labute approximate surface area is 140 Å². The number of primary amides is 1. The van der Waals surface area contributed by atoms with E-state index >= 15 is 0 Å². The fraction of sp³-hybridized carbons (Fsp3) is 0.438. The number of hydrogen-bond donors (Lipinski definition) is 2. The van der Waals surface area contributed by atoms with Gasteiger partial charge in [0.1, 0.15) is 17.6 Å². The fourth-order valence-electron chi connectivity index (χ4n) is 2.40. The van der Waals surface area contributed by atoms with Gasteiger partial charge in [-0.15, -0.1) is 0 Å². The van der Waals surface area contributed by atoms with Gasteiger partial charge >= 0.3 is 0 Å². The van der Waals surface area contributed by atoms with Gasteiger partial charge < -0.3 is 16.0 Å². The number of nitrogens with zero attached hydrogens (tertiary/aromatic N) is 3. The summed E-state index contributed by atoms with van der Waals surface area (Å²) in [6.07, 6.45) is 0.944. The predicted octanol–water partition coefficient (Wildman–Crippen LogP) is 0.314. The lowest BCUT2D eigenvalue weighted by atomic mass is 10.1. The molecule has 2 amide bonds. The first-order valence-corrected chi connectivity index (χ1v) is 7.73. The van der Waals surface area contributed by atoms with Gasteiger partial charge in [-0.05, 0) is 51.3 Å². The van der Waals surface area contributed by atoms with Crippen molar-refractivity contribution >= 4 is 23.2 Å². The summed E-state index contributed by atoms with van der Waals surface area (Å²) >= 11 is 0. The minimum Gasteiger partial charge on any atom is -0.368 e. The van der Waals surface area contributed by atoms with Gasteiger partial charge in [-0.25, -0.2) is 4.39 Å². The number of nitrogens with one attached hydrogen (secondary N) is 1. The quantitative estimate of drug-likeness (QED) is 0.702. The predicted molar refractivity (Wildman–Crippen MR) is 90.1 cm³/mol. The molecule has 1 atom stereocenters. The van der Waals surface area contributed by atoms with Crippen LogP contribution in [0.25, 0.3) is 0 Å². The van der Waals surface area contributed by atoms with E-state index in [-0.39, 0.29) is 18.0 Å². The second kappa shape index (κ2) is 7.87. The number of nitrogens with two attached hydrogens (primary N) is 1. The summed E-state index contributed by atoms with van der Waals surface area (Å²) < 4.78 is 13.1. The molecule has 24 heavy (non-hydrogen) atoms. The van der Waals surface area contributed by atoms with Gasteiger partial charge in [0.05, 0.1) is 5.69 Å². The van der Waals surface area contributed by atoms with Crippen LogP contribution in [-0.4, -0.2) is 55.7 Å².